The third-order valence-corrected chi connectivity index (χ3v) is 7.45. The fourth-order valence-electron chi connectivity index (χ4n) is 4.70. The Balaban J connectivity index is 2.28. The van der Waals surface area contributed by atoms with Crippen molar-refractivity contribution in [2.24, 2.45) is 0 Å². The van der Waals surface area contributed by atoms with Gasteiger partial charge < -0.3 is 20.1 Å². The number of phenols is 2. The molecule has 170 valence electrons. The minimum Gasteiger partial charge on any atom is -0.507 e. The van der Waals surface area contributed by atoms with Crippen LogP contribution in [0.25, 0.3) is 0 Å². The second-order valence-corrected chi connectivity index (χ2v) is 9.86. The summed E-state index contributed by atoms with van der Waals surface area (Å²) >= 11 is 7.16. The van der Waals surface area contributed by atoms with E-state index < -0.39 is 17.5 Å². The summed E-state index contributed by atoms with van der Waals surface area (Å²) < 4.78 is 7.23. The van der Waals surface area contributed by atoms with E-state index in [1.807, 2.05) is 0 Å². The third kappa shape index (κ3) is 3.19. The van der Waals surface area contributed by atoms with Gasteiger partial charge in [0.1, 0.15) is 11.5 Å². The van der Waals surface area contributed by atoms with Gasteiger partial charge in [-0.1, -0.05) is 44.0 Å². The summed E-state index contributed by atoms with van der Waals surface area (Å²) in [5, 5.41) is 31.4. The van der Waals surface area contributed by atoms with Gasteiger partial charge in [0.05, 0.1) is 11.1 Å². The first-order chi connectivity index (χ1) is 15.4. The van der Waals surface area contributed by atoms with Gasteiger partial charge >= 0.3 is 11.9 Å². The molecule has 1 aliphatic rings. The number of hydrogen-bond acceptors (Lipinski definition) is 5. The number of carboxylic acids is 1. The van der Waals surface area contributed by atoms with Crippen LogP contribution >= 0.6 is 31.9 Å². The van der Waals surface area contributed by atoms with Gasteiger partial charge in [0, 0.05) is 36.8 Å². The van der Waals surface area contributed by atoms with Crippen LogP contribution in [0.15, 0.2) is 39.3 Å². The molecule has 3 N–H and O–H groups in total. The summed E-state index contributed by atoms with van der Waals surface area (Å²) in [6.45, 7) is 6.90. The summed E-state index contributed by atoms with van der Waals surface area (Å²) in [5.41, 5.74) is 1.43. The zero-order chi connectivity index (χ0) is 24.4. The van der Waals surface area contributed by atoms with Crippen molar-refractivity contribution in [3.8, 4) is 11.5 Å². The van der Waals surface area contributed by atoms with Crippen LogP contribution in [0.3, 0.4) is 0 Å². The lowest BCUT2D eigenvalue weighted by atomic mass is 9.75. The summed E-state index contributed by atoms with van der Waals surface area (Å²) in [6.07, 6.45) is 0. The SMILES string of the molecule is Cc1cc(Br)c(C2(c3c(Br)cc(C)c(O)c3C)OC(=O)c3c(C(=O)O)cccc32)c(C)c1O. The molecule has 0 amide bonds. The summed E-state index contributed by atoms with van der Waals surface area (Å²) in [4.78, 5) is 25.2. The number of benzene rings is 3. The first-order valence-corrected chi connectivity index (χ1v) is 11.6. The van der Waals surface area contributed by atoms with Crippen molar-refractivity contribution < 1.29 is 29.6 Å². The number of aromatic carboxylic acids is 1. The molecule has 6 nitrogen and oxygen atoms in total. The second kappa shape index (κ2) is 7.88. The number of fused-ring (bicyclic) bond motifs is 1. The van der Waals surface area contributed by atoms with Crippen molar-refractivity contribution in [2.45, 2.75) is 33.3 Å². The Morgan fingerprint density at radius 3 is 1.85 bits per heavy atom. The van der Waals surface area contributed by atoms with Crippen molar-refractivity contribution in [2.75, 3.05) is 0 Å². The lowest BCUT2D eigenvalue weighted by Crippen LogP contribution is -2.32. The van der Waals surface area contributed by atoms with E-state index in [-0.39, 0.29) is 22.6 Å². The summed E-state index contributed by atoms with van der Waals surface area (Å²) in [7, 11) is 0. The van der Waals surface area contributed by atoms with E-state index in [1.54, 1.807) is 52.0 Å². The van der Waals surface area contributed by atoms with Gasteiger partial charge in [0.15, 0.2) is 5.60 Å². The number of hydrogen-bond donors (Lipinski definition) is 3. The molecule has 0 unspecified atom stereocenters. The minimum atomic E-state index is -1.64. The van der Waals surface area contributed by atoms with Crippen molar-refractivity contribution >= 4 is 43.8 Å². The predicted molar refractivity (Wildman–Crippen MR) is 129 cm³/mol. The van der Waals surface area contributed by atoms with Gasteiger partial charge in [0.25, 0.3) is 0 Å². The molecule has 4 rings (SSSR count). The van der Waals surface area contributed by atoms with Crippen molar-refractivity contribution in [3.05, 3.63) is 89.3 Å². The van der Waals surface area contributed by atoms with Crippen LogP contribution in [0.2, 0.25) is 0 Å². The van der Waals surface area contributed by atoms with Crippen LogP contribution < -0.4 is 0 Å². The number of phenolic OH excluding ortho intramolecular Hbond substituents is 2. The predicted octanol–water partition coefficient (Wildman–Crippen LogP) is 6.02. The molecule has 0 radical (unpaired) electrons. The molecule has 8 heteroatoms. The van der Waals surface area contributed by atoms with E-state index in [2.05, 4.69) is 31.9 Å². The maximum absolute atomic E-state index is 13.3. The molecule has 0 atom stereocenters. The number of aromatic hydroxyl groups is 2. The van der Waals surface area contributed by atoms with Crippen LogP contribution in [-0.2, 0) is 10.3 Å². The molecule has 0 saturated heterocycles. The Kier molecular flexibility index (Phi) is 5.57. The highest BCUT2D eigenvalue weighted by Gasteiger charge is 2.54. The van der Waals surface area contributed by atoms with Crippen molar-refractivity contribution in [1.29, 1.82) is 0 Å². The lowest BCUT2D eigenvalue weighted by molar-refractivity contribution is 0.0240. The van der Waals surface area contributed by atoms with Crippen LogP contribution in [-0.4, -0.2) is 27.3 Å². The standard InChI is InChI=1S/C25H20Br2O6/c1-10-8-16(26)19(12(3)21(10)28)25(20-13(4)22(29)11(2)9-17(20)27)15-7-5-6-14(23(30)31)18(15)24(32)33-25/h5-9,28-29H,1-4H3,(H,30,31). The van der Waals surface area contributed by atoms with Crippen molar-refractivity contribution in [1.82, 2.24) is 0 Å². The van der Waals surface area contributed by atoms with Gasteiger partial charge in [-0.05, 0) is 57.0 Å². The van der Waals surface area contributed by atoms with Crippen molar-refractivity contribution in [3.63, 3.8) is 0 Å². The lowest BCUT2D eigenvalue weighted by Gasteiger charge is -2.35. The largest absolute Gasteiger partial charge is 0.507 e. The molecule has 0 aliphatic carbocycles. The zero-order valence-corrected chi connectivity index (χ0v) is 21.4. The van der Waals surface area contributed by atoms with Gasteiger partial charge in [-0.3, -0.25) is 0 Å². The third-order valence-electron chi connectivity index (χ3n) is 6.20. The molecule has 0 saturated carbocycles. The molecule has 0 fully saturated rings. The number of carboxylic acid groups (broad SMARTS) is 1. The first-order valence-electron chi connectivity index (χ1n) is 10.0. The van der Waals surface area contributed by atoms with E-state index >= 15 is 0 Å². The number of carbonyl (C=O) groups is 2. The number of aryl methyl sites for hydroxylation is 2. The van der Waals surface area contributed by atoms with E-state index in [9.17, 15) is 24.9 Å². The molecule has 0 bridgehead atoms. The van der Waals surface area contributed by atoms with Gasteiger partial charge in [-0.15, -0.1) is 0 Å². The van der Waals surface area contributed by atoms with Gasteiger partial charge in [-0.25, -0.2) is 9.59 Å². The highest BCUT2D eigenvalue weighted by molar-refractivity contribution is 9.10. The number of rotatable bonds is 3. The maximum atomic E-state index is 13.3. The Hall–Kier alpha value is -2.84. The average Bonchev–Trinajstić information content (AvgIpc) is 3.03. The first kappa shape index (κ1) is 23.3. The molecule has 3 aromatic carbocycles. The number of esters is 1. The highest BCUT2D eigenvalue weighted by Crippen LogP contribution is 2.55. The summed E-state index contributed by atoms with van der Waals surface area (Å²) in [5.74, 6) is -2.02. The normalized spacial score (nSPS) is 14.2. The van der Waals surface area contributed by atoms with E-state index in [0.29, 0.717) is 47.9 Å². The Bertz CT molecular complexity index is 1310. The number of carbonyl (C=O) groups excluding carboxylic acids is 1. The summed E-state index contributed by atoms with van der Waals surface area (Å²) in [6, 6.07) is 7.96. The van der Waals surface area contributed by atoms with E-state index in [0.717, 1.165) is 0 Å². The maximum Gasteiger partial charge on any atom is 0.341 e. The van der Waals surface area contributed by atoms with Crippen LogP contribution in [0, 0.1) is 27.7 Å². The quantitative estimate of drug-likeness (QED) is 0.330. The van der Waals surface area contributed by atoms with Gasteiger partial charge in [-0.2, -0.15) is 0 Å². The Morgan fingerprint density at radius 1 is 0.909 bits per heavy atom. The molecular formula is C25H20Br2O6. The Morgan fingerprint density at radius 2 is 1.39 bits per heavy atom. The average molecular weight is 576 g/mol. The highest BCUT2D eigenvalue weighted by atomic mass is 79.9. The molecule has 1 heterocycles. The van der Waals surface area contributed by atoms with Crippen LogP contribution in [0.5, 0.6) is 11.5 Å². The second-order valence-electron chi connectivity index (χ2n) is 8.15. The molecule has 0 aromatic heterocycles. The fourth-order valence-corrected chi connectivity index (χ4v) is 6.54. The molecule has 1 aliphatic heterocycles. The number of ether oxygens (including phenoxy) is 1. The smallest absolute Gasteiger partial charge is 0.341 e. The van der Waals surface area contributed by atoms with E-state index in [1.165, 1.54) is 6.07 Å². The molecular weight excluding hydrogens is 556 g/mol. The van der Waals surface area contributed by atoms with Crippen LogP contribution in [0.1, 0.15) is 59.7 Å². The molecule has 33 heavy (non-hydrogen) atoms. The monoisotopic (exact) mass is 574 g/mol. The minimum absolute atomic E-state index is 0.0246. The number of halogens is 2. The zero-order valence-electron chi connectivity index (χ0n) is 18.2. The van der Waals surface area contributed by atoms with Gasteiger partial charge in [0.2, 0.25) is 0 Å². The van der Waals surface area contributed by atoms with E-state index in [4.69, 9.17) is 4.74 Å². The van der Waals surface area contributed by atoms with Crippen LogP contribution in [0.4, 0.5) is 0 Å². The topological polar surface area (TPSA) is 104 Å². The number of cyclic esters (lactones) is 1. The molecule has 3 aromatic rings. The fraction of sp³-hybridized carbons (Fsp3) is 0.200. The molecule has 0 spiro atoms. The Labute approximate surface area is 207 Å².